The summed E-state index contributed by atoms with van der Waals surface area (Å²) >= 11 is 0. The average molecular weight is 394 g/mol. The monoisotopic (exact) mass is 394 g/mol. The molecule has 2 heterocycles. The molecule has 2 amide bonds. The molecule has 0 unspecified atom stereocenters. The summed E-state index contributed by atoms with van der Waals surface area (Å²) in [7, 11) is 0. The van der Waals surface area contributed by atoms with Crippen LogP contribution in [0.15, 0.2) is 48.5 Å². The Hall–Kier alpha value is -3.42. The van der Waals surface area contributed by atoms with Crippen molar-refractivity contribution in [3.05, 3.63) is 64.2 Å². The number of carbonyl (C=O) groups is 2. The molecule has 8 nitrogen and oxygen atoms in total. The van der Waals surface area contributed by atoms with E-state index < -0.39 is 0 Å². The first-order valence-corrected chi connectivity index (χ1v) is 9.72. The van der Waals surface area contributed by atoms with Crippen LogP contribution in [0.5, 0.6) is 0 Å². The Labute approximate surface area is 168 Å². The highest BCUT2D eigenvalue weighted by Gasteiger charge is 2.27. The van der Waals surface area contributed by atoms with Crippen LogP contribution in [0.4, 0.5) is 17.1 Å². The van der Waals surface area contributed by atoms with Gasteiger partial charge in [0.1, 0.15) is 5.69 Å². The Morgan fingerprint density at radius 3 is 2.41 bits per heavy atom. The molecule has 0 saturated carbocycles. The largest absolute Gasteiger partial charge is 0.362 e. The predicted octanol–water partition coefficient (Wildman–Crippen LogP) is 2.68. The zero-order valence-electron chi connectivity index (χ0n) is 16.0. The van der Waals surface area contributed by atoms with Gasteiger partial charge >= 0.3 is 0 Å². The quantitative estimate of drug-likeness (QED) is 0.588. The molecule has 2 aromatic rings. The minimum Gasteiger partial charge on any atom is -0.362 e. The second-order valence-corrected chi connectivity index (χ2v) is 7.22. The third-order valence-corrected chi connectivity index (χ3v) is 5.46. The van der Waals surface area contributed by atoms with Crippen molar-refractivity contribution < 1.29 is 14.5 Å². The van der Waals surface area contributed by atoms with Crippen LogP contribution in [0.25, 0.3) is 0 Å². The lowest BCUT2D eigenvalue weighted by Crippen LogP contribution is -2.49. The number of nitro benzene ring substituents is 1. The molecule has 0 aromatic heterocycles. The smallest absolute Gasteiger partial charge is 0.292 e. The summed E-state index contributed by atoms with van der Waals surface area (Å²) in [6.45, 7) is 2.71. The first kappa shape index (κ1) is 18.9. The highest BCUT2D eigenvalue weighted by Crippen LogP contribution is 2.29. The van der Waals surface area contributed by atoms with Gasteiger partial charge in [-0.1, -0.05) is 18.2 Å². The van der Waals surface area contributed by atoms with Gasteiger partial charge in [0.25, 0.3) is 11.6 Å². The lowest BCUT2D eigenvalue weighted by atomic mass is 10.1. The molecule has 4 rings (SSSR count). The van der Waals surface area contributed by atoms with Crippen LogP contribution in [0.1, 0.15) is 23.2 Å². The summed E-state index contributed by atoms with van der Waals surface area (Å²) in [6.07, 6.45) is 1.39. The van der Waals surface area contributed by atoms with Gasteiger partial charge < -0.3 is 14.7 Å². The van der Waals surface area contributed by atoms with Crippen molar-refractivity contribution in [1.82, 2.24) is 4.90 Å². The molecule has 0 spiro atoms. The minimum absolute atomic E-state index is 0.0789. The van der Waals surface area contributed by atoms with Gasteiger partial charge in [-0.3, -0.25) is 19.7 Å². The van der Waals surface area contributed by atoms with Crippen molar-refractivity contribution in [3.63, 3.8) is 0 Å². The molecule has 0 aliphatic carbocycles. The zero-order chi connectivity index (χ0) is 20.4. The first-order chi connectivity index (χ1) is 14.0. The molecule has 29 heavy (non-hydrogen) atoms. The van der Waals surface area contributed by atoms with E-state index in [1.807, 2.05) is 11.0 Å². The van der Waals surface area contributed by atoms with Gasteiger partial charge in [-0.15, -0.1) is 0 Å². The summed E-state index contributed by atoms with van der Waals surface area (Å²) in [5, 5.41) is 11.3. The third-order valence-electron chi connectivity index (χ3n) is 5.46. The maximum atomic E-state index is 13.0. The Morgan fingerprint density at radius 1 is 0.966 bits per heavy atom. The number of rotatable bonds is 4. The molecule has 0 atom stereocenters. The maximum absolute atomic E-state index is 13.0. The molecule has 2 aliphatic heterocycles. The van der Waals surface area contributed by atoms with Crippen molar-refractivity contribution in [3.8, 4) is 0 Å². The highest BCUT2D eigenvalue weighted by molar-refractivity contribution is 5.99. The predicted molar refractivity (Wildman–Crippen MR) is 109 cm³/mol. The molecule has 2 fully saturated rings. The summed E-state index contributed by atoms with van der Waals surface area (Å²) in [6, 6.07) is 13.9. The number of benzene rings is 2. The second kappa shape index (κ2) is 7.90. The van der Waals surface area contributed by atoms with Crippen molar-refractivity contribution in [2.24, 2.45) is 0 Å². The zero-order valence-corrected chi connectivity index (χ0v) is 16.0. The standard InChI is InChI=1S/C21H22N4O4/c26-20-9-4-10-24(20)17-6-3-5-16(15-17)21(27)23-13-11-22(12-14-23)18-7-1-2-8-19(18)25(28)29/h1-3,5-8,15H,4,9-14H2. The van der Waals surface area contributed by atoms with Gasteiger partial charge in [0.2, 0.25) is 5.91 Å². The van der Waals surface area contributed by atoms with E-state index in [1.165, 1.54) is 6.07 Å². The number of amides is 2. The maximum Gasteiger partial charge on any atom is 0.292 e. The third kappa shape index (κ3) is 3.78. The highest BCUT2D eigenvalue weighted by atomic mass is 16.6. The van der Waals surface area contributed by atoms with Gasteiger partial charge in [-0.2, -0.15) is 0 Å². The van der Waals surface area contributed by atoms with E-state index in [-0.39, 0.29) is 22.4 Å². The Kier molecular flexibility index (Phi) is 5.16. The number of para-hydroxylation sites is 2. The van der Waals surface area contributed by atoms with E-state index in [0.29, 0.717) is 50.4 Å². The average Bonchev–Trinajstić information content (AvgIpc) is 3.19. The van der Waals surface area contributed by atoms with Crippen LogP contribution in [-0.4, -0.2) is 54.4 Å². The van der Waals surface area contributed by atoms with Crippen molar-refractivity contribution in [2.45, 2.75) is 12.8 Å². The van der Waals surface area contributed by atoms with Gasteiger partial charge in [-0.05, 0) is 30.7 Å². The van der Waals surface area contributed by atoms with E-state index >= 15 is 0 Å². The van der Waals surface area contributed by atoms with Crippen molar-refractivity contribution in [1.29, 1.82) is 0 Å². The van der Waals surface area contributed by atoms with Gasteiger partial charge in [0.05, 0.1) is 4.92 Å². The normalized spacial score (nSPS) is 17.0. The molecule has 2 aliphatic rings. The number of piperazine rings is 1. The van der Waals surface area contributed by atoms with E-state index in [2.05, 4.69) is 0 Å². The number of hydrogen-bond acceptors (Lipinski definition) is 5. The lowest BCUT2D eigenvalue weighted by molar-refractivity contribution is -0.384. The van der Waals surface area contributed by atoms with Crippen LogP contribution in [0.3, 0.4) is 0 Å². The topological polar surface area (TPSA) is 87.0 Å². The molecule has 0 radical (unpaired) electrons. The number of hydrogen-bond donors (Lipinski definition) is 0. The lowest BCUT2D eigenvalue weighted by Gasteiger charge is -2.36. The van der Waals surface area contributed by atoms with Crippen molar-refractivity contribution in [2.75, 3.05) is 42.5 Å². The Morgan fingerprint density at radius 2 is 1.72 bits per heavy atom. The first-order valence-electron chi connectivity index (χ1n) is 9.72. The summed E-state index contributed by atoms with van der Waals surface area (Å²) in [5.74, 6) is 0.00776. The number of nitrogens with zero attached hydrogens (tertiary/aromatic N) is 4. The van der Waals surface area contributed by atoms with E-state index in [0.717, 1.165) is 12.1 Å². The molecule has 8 heteroatoms. The SMILES string of the molecule is O=C(c1cccc(N2CCCC2=O)c1)N1CCN(c2ccccc2[N+](=O)[O-])CC1. The minimum atomic E-state index is -0.377. The fraction of sp³-hybridized carbons (Fsp3) is 0.333. The molecule has 0 bridgehead atoms. The van der Waals surface area contributed by atoms with Crippen LogP contribution < -0.4 is 9.80 Å². The summed E-state index contributed by atoms with van der Waals surface area (Å²) in [5.41, 5.74) is 1.98. The van der Waals surface area contributed by atoms with E-state index in [4.69, 9.17) is 0 Å². The Bertz CT molecular complexity index is 953. The van der Waals surface area contributed by atoms with Crippen LogP contribution in [-0.2, 0) is 4.79 Å². The van der Waals surface area contributed by atoms with Gasteiger partial charge in [0, 0.05) is 56.5 Å². The molecular formula is C21H22N4O4. The fourth-order valence-electron chi connectivity index (χ4n) is 3.95. The number of anilines is 2. The van der Waals surface area contributed by atoms with E-state index in [9.17, 15) is 19.7 Å². The molecule has 2 aromatic carbocycles. The van der Waals surface area contributed by atoms with Crippen LogP contribution in [0.2, 0.25) is 0 Å². The molecule has 150 valence electrons. The van der Waals surface area contributed by atoms with Gasteiger partial charge in [-0.25, -0.2) is 0 Å². The van der Waals surface area contributed by atoms with E-state index in [1.54, 1.807) is 46.2 Å². The molecule has 0 N–H and O–H groups in total. The second-order valence-electron chi connectivity index (χ2n) is 7.22. The number of nitro groups is 1. The number of carbonyl (C=O) groups excluding carboxylic acids is 2. The summed E-state index contributed by atoms with van der Waals surface area (Å²) < 4.78 is 0. The fourth-order valence-corrected chi connectivity index (χ4v) is 3.95. The summed E-state index contributed by atoms with van der Waals surface area (Å²) in [4.78, 5) is 41.3. The van der Waals surface area contributed by atoms with Crippen LogP contribution in [0, 0.1) is 10.1 Å². The van der Waals surface area contributed by atoms with Gasteiger partial charge in [0.15, 0.2) is 0 Å². The van der Waals surface area contributed by atoms with Crippen LogP contribution >= 0.6 is 0 Å². The Balaban J connectivity index is 1.45. The van der Waals surface area contributed by atoms with Crippen molar-refractivity contribution >= 4 is 28.9 Å². The molecule has 2 saturated heterocycles. The molecular weight excluding hydrogens is 372 g/mol.